The minimum absolute atomic E-state index is 0.332. The summed E-state index contributed by atoms with van der Waals surface area (Å²) in [4.78, 5) is 0. The second-order valence-electron chi connectivity index (χ2n) is 5.53. The van der Waals surface area contributed by atoms with Crippen LogP contribution in [0, 0.1) is 0 Å². The Kier molecular flexibility index (Phi) is 4.26. The van der Waals surface area contributed by atoms with Crippen LogP contribution >= 0.6 is 7.92 Å². The fraction of sp³-hybridized carbons (Fsp3) is 0.333. The van der Waals surface area contributed by atoms with Crippen LogP contribution in [0.1, 0.15) is 13.8 Å². The van der Waals surface area contributed by atoms with E-state index in [0.717, 1.165) is 29.2 Å². The van der Waals surface area contributed by atoms with E-state index in [-0.39, 0.29) is 7.92 Å². The fourth-order valence-electron chi connectivity index (χ4n) is 2.86. The van der Waals surface area contributed by atoms with Crippen LogP contribution in [0.4, 0.5) is 0 Å². The van der Waals surface area contributed by atoms with Crippen molar-refractivity contribution in [3.05, 3.63) is 36.4 Å². The van der Waals surface area contributed by atoms with Crippen molar-refractivity contribution in [2.24, 2.45) is 0 Å². The number of methoxy groups -OCH3 is 2. The quantitative estimate of drug-likeness (QED) is 0.790. The first-order valence-electron chi connectivity index (χ1n) is 7.41. The smallest absolute Gasteiger partial charge is 0.130 e. The van der Waals surface area contributed by atoms with Gasteiger partial charge in [-0.2, -0.15) is 0 Å². The molecule has 3 nitrogen and oxygen atoms in total. The number of fused-ring (bicyclic) bond motifs is 1. The monoisotopic (exact) mass is 316 g/mol. The summed E-state index contributed by atoms with van der Waals surface area (Å²) >= 11 is 0. The van der Waals surface area contributed by atoms with E-state index in [1.807, 2.05) is 24.3 Å². The van der Waals surface area contributed by atoms with Gasteiger partial charge in [-0.1, -0.05) is 32.0 Å². The van der Waals surface area contributed by atoms with Crippen LogP contribution in [0.3, 0.4) is 0 Å². The van der Waals surface area contributed by atoms with Crippen LogP contribution in [-0.2, 0) is 0 Å². The van der Waals surface area contributed by atoms with Crippen LogP contribution < -0.4 is 19.5 Å². The zero-order valence-electron chi connectivity index (χ0n) is 13.4. The molecule has 0 aromatic heterocycles. The largest absolute Gasteiger partial charge is 0.496 e. The standard InChI is InChI=1S/C18H21O3P/c1-12(2)22-11-21-16-10-5-7-13(18(16)22)17-14(19-3)8-6-9-15(17)20-4/h5-10,12H,11H2,1-4H3. The molecule has 0 saturated heterocycles. The number of hydrogen-bond acceptors (Lipinski definition) is 3. The Morgan fingerprint density at radius 1 is 1.00 bits per heavy atom. The second-order valence-corrected chi connectivity index (χ2v) is 8.20. The third-order valence-electron chi connectivity index (χ3n) is 3.97. The Labute approximate surface area is 133 Å². The highest BCUT2D eigenvalue weighted by atomic mass is 31.1. The SMILES string of the molecule is COc1cccc(OC)c1-c1cccc2c1P(C(C)C)CO2. The molecule has 3 rings (SSSR count). The van der Waals surface area contributed by atoms with Gasteiger partial charge in [0.15, 0.2) is 0 Å². The van der Waals surface area contributed by atoms with E-state index in [0.29, 0.717) is 5.66 Å². The molecule has 4 heteroatoms. The van der Waals surface area contributed by atoms with Crippen LogP contribution in [0.25, 0.3) is 11.1 Å². The van der Waals surface area contributed by atoms with Gasteiger partial charge < -0.3 is 14.2 Å². The fourth-order valence-corrected chi connectivity index (χ4v) is 5.00. The predicted octanol–water partition coefficient (Wildman–Crippen LogP) is 4.24. The van der Waals surface area contributed by atoms with Crippen LogP contribution in [-0.4, -0.2) is 26.2 Å². The molecule has 0 fully saturated rings. The molecule has 0 saturated carbocycles. The molecule has 0 N–H and O–H groups in total. The van der Waals surface area contributed by atoms with Crippen LogP contribution in [0.2, 0.25) is 0 Å². The highest BCUT2D eigenvalue weighted by molar-refractivity contribution is 7.67. The second kappa shape index (κ2) is 6.18. The Morgan fingerprint density at radius 3 is 2.23 bits per heavy atom. The molecular formula is C18H21O3P. The molecule has 0 amide bonds. The average molecular weight is 316 g/mol. The van der Waals surface area contributed by atoms with Gasteiger partial charge in [-0.3, -0.25) is 0 Å². The Hall–Kier alpha value is -1.73. The molecule has 1 unspecified atom stereocenters. The van der Waals surface area contributed by atoms with Crippen molar-refractivity contribution < 1.29 is 14.2 Å². The van der Waals surface area contributed by atoms with Gasteiger partial charge in [0.25, 0.3) is 0 Å². The molecule has 2 aromatic rings. The summed E-state index contributed by atoms with van der Waals surface area (Å²) in [5.41, 5.74) is 2.77. The lowest BCUT2D eigenvalue weighted by molar-refractivity contribution is 0.397. The van der Waals surface area contributed by atoms with Crippen molar-refractivity contribution in [2.45, 2.75) is 19.5 Å². The van der Waals surface area contributed by atoms with E-state index in [4.69, 9.17) is 14.2 Å². The van der Waals surface area contributed by atoms with Crippen molar-refractivity contribution in [2.75, 3.05) is 20.6 Å². The van der Waals surface area contributed by atoms with Crippen LogP contribution in [0.5, 0.6) is 17.2 Å². The summed E-state index contributed by atoms with van der Waals surface area (Å²) in [5.74, 6) is 2.67. The number of benzene rings is 2. The molecule has 1 aliphatic rings. The molecular weight excluding hydrogens is 295 g/mol. The van der Waals surface area contributed by atoms with Gasteiger partial charge in [0.05, 0.1) is 19.8 Å². The third kappa shape index (κ3) is 2.44. The Balaban J connectivity index is 2.25. The van der Waals surface area contributed by atoms with Gasteiger partial charge in [0.2, 0.25) is 0 Å². The first-order valence-corrected chi connectivity index (χ1v) is 9.00. The van der Waals surface area contributed by atoms with E-state index in [2.05, 4.69) is 26.0 Å². The molecule has 0 bridgehead atoms. The number of hydrogen-bond donors (Lipinski definition) is 0. The molecule has 1 aliphatic heterocycles. The molecule has 1 heterocycles. The Bertz CT molecular complexity index is 660. The summed E-state index contributed by atoms with van der Waals surface area (Å²) < 4.78 is 17.1. The van der Waals surface area contributed by atoms with Crippen molar-refractivity contribution >= 4 is 13.2 Å². The maximum Gasteiger partial charge on any atom is 0.130 e. The normalized spacial score (nSPS) is 16.3. The zero-order chi connectivity index (χ0) is 15.7. The molecule has 0 aliphatic carbocycles. The van der Waals surface area contributed by atoms with E-state index in [1.165, 1.54) is 10.9 Å². The molecule has 116 valence electrons. The van der Waals surface area contributed by atoms with Gasteiger partial charge in [0.1, 0.15) is 23.6 Å². The lowest BCUT2D eigenvalue weighted by Crippen LogP contribution is -2.09. The van der Waals surface area contributed by atoms with Gasteiger partial charge in [-0.25, -0.2) is 0 Å². The summed E-state index contributed by atoms with van der Waals surface area (Å²) in [6, 6.07) is 12.2. The van der Waals surface area contributed by atoms with Crippen molar-refractivity contribution in [1.82, 2.24) is 0 Å². The highest BCUT2D eigenvalue weighted by Crippen LogP contribution is 2.52. The van der Waals surface area contributed by atoms with E-state index in [1.54, 1.807) is 14.2 Å². The Morgan fingerprint density at radius 2 is 1.64 bits per heavy atom. The predicted molar refractivity (Wildman–Crippen MR) is 92.2 cm³/mol. The number of ether oxygens (including phenoxy) is 3. The zero-order valence-corrected chi connectivity index (χ0v) is 14.3. The first kappa shape index (κ1) is 15.2. The number of rotatable bonds is 4. The van der Waals surface area contributed by atoms with Gasteiger partial charge in [0, 0.05) is 10.9 Å². The summed E-state index contributed by atoms with van der Waals surface area (Å²) in [5, 5.41) is 1.33. The molecule has 0 radical (unpaired) electrons. The van der Waals surface area contributed by atoms with Gasteiger partial charge >= 0.3 is 0 Å². The first-order chi connectivity index (χ1) is 10.7. The topological polar surface area (TPSA) is 27.7 Å². The summed E-state index contributed by atoms with van der Waals surface area (Å²) in [7, 11) is 3.06. The minimum atomic E-state index is -0.332. The minimum Gasteiger partial charge on any atom is -0.496 e. The molecule has 1 atom stereocenters. The highest BCUT2D eigenvalue weighted by Gasteiger charge is 2.31. The van der Waals surface area contributed by atoms with Crippen molar-refractivity contribution in [1.29, 1.82) is 0 Å². The average Bonchev–Trinajstić information content (AvgIpc) is 2.98. The molecule has 0 spiro atoms. The lowest BCUT2D eigenvalue weighted by Gasteiger charge is -2.20. The maximum atomic E-state index is 5.93. The molecule has 2 aromatic carbocycles. The van der Waals surface area contributed by atoms with E-state index < -0.39 is 0 Å². The van der Waals surface area contributed by atoms with Crippen LogP contribution in [0.15, 0.2) is 36.4 Å². The van der Waals surface area contributed by atoms with E-state index >= 15 is 0 Å². The maximum absolute atomic E-state index is 5.93. The third-order valence-corrected chi connectivity index (χ3v) is 6.66. The summed E-state index contributed by atoms with van der Waals surface area (Å²) in [6.07, 6.45) is 0.802. The van der Waals surface area contributed by atoms with E-state index in [9.17, 15) is 0 Å². The van der Waals surface area contributed by atoms with Gasteiger partial charge in [-0.15, -0.1) is 0 Å². The molecule has 22 heavy (non-hydrogen) atoms. The summed E-state index contributed by atoms with van der Waals surface area (Å²) in [6.45, 7) is 4.53. The lowest BCUT2D eigenvalue weighted by atomic mass is 10.0. The van der Waals surface area contributed by atoms with Crippen molar-refractivity contribution in [3.8, 4) is 28.4 Å². The van der Waals surface area contributed by atoms with Gasteiger partial charge in [-0.05, 0) is 31.8 Å². The van der Waals surface area contributed by atoms with Crippen molar-refractivity contribution in [3.63, 3.8) is 0 Å².